The van der Waals surface area contributed by atoms with Crippen LogP contribution in [0.1, 0.15) is 5.56 Å². The molecule has 144 valence electrons. The maximum absolute atomic E-state index is 12.6. The zero-order chi connectivity index (χ0) is 20.4. The average Bonchev–Trinajstić information content (AvgIpc) is 3.25. The summed E-state index contributed by atoms with van der Waals surface area (Å²) in [6, 6.07) is 12.6. The van der Waals surface area contributed by atoms with Crippen molar-refractivity contribution in [3.8, 4) is 23.1 Å². The molecule has 0 saturated heterocycles. The number of nitrogens with one attached hydrogen (secondary N) is 1. The van der Waals surface area contributed by atoms with Crippen LogP contribution in [0.2, 0.25) is 5.02 Å². The number of rotatable bonds is 5. The Kier molecular flexibility index (Phi) is 5.40. The highest BCUT2D eigenvalue weighted by Crippen LogP contribution is 2.37. The molecular formula is C19H12ClN5O2S2. The van der Waals surface area contributed by atoms with Crippen LogP contribution in [0.5, 0.6) is 5.75 Å². The molecule has 10 heteroatoms. The topological polar surface area (TPSA) is 101 Å². The SMILES string of the molecule is COc1cc(Cl)c(C#N)cc1-c1nccc2cc(S(=O)Nc3nncs3)ccc12. The Bertz CT molecular complexity index is 1270. The van der Waals surface area contributed by atoms with E-state index >= 15 is 0 Å². The van der Waals surface area contributed by atoms with E-state index < -0.39 is 11.0 Å². The molecule has 7 nitrogen and oxygen atoms in total. The number of ether oxygens (including phenoxy) is 1. The van der Waals surface area contributed by atoms with Crippen molar-refractivity contribution in [2.75, 3.05) is 11.8 Å². The Labute approximate surface area is 177 Å². The lowest BCUT2D eigenvalue weighted by Gasteiger charge is -2.12. The highest BCUT2D eigenvalue weighted by atomic mass is 35.5. The minimum atomic E-state index is -1.48. The summed E-state index contributed by atoms with van der Waals surface area (Å²) in [5.74, 6) is 0.514. The molecule has 1 atom stereocenters. The molecule has 1 N–H and O–H groups in total. The first kappa shape index (κ1) is 19.3. The third kappa shape index (κ3) is 3.78. The standard InChI is InChI=1S/C19H12ClN5O2S2/c1-27-17-8-16(20)12(9-21)7-15(17)18-14-3-2-13(6-11(14)4-5-22-18)29(26)25-19-24-23-10-28-19/h2-8,10H,1H3,(H,24,25). The average molecular weight is 442 g/mol. The van der Waals surface area contributed by atoms with Crippen LogP contribution in [0.15, 0.2) is 53.0 Å². The molecule has 0 aliphatic heterocycles. The van der Waals surface area contributed by atoms with E-state index in [1.54, 1.807) is 29.9 Å². The lowest BCUT2D eigenvalue weighted by molar-refractivity contribution is 0.416. The van der Waals surface area contributed by atoms with Crippen LogP contribution >= 0.6 is 22.9 Å². The molecule has 4 rings (SSSR count). The van der Waals surface area contributed by atoms with Crippen molar-refractivity contribution in [2.24, 2.45) is 0 Å². The molecule has 2 aromatic heterocycles. The maximum Gasteiger partial charge on any atom is 0.217 e. The van der Waals surface area contributed by atoms with Crippen LogP contribution in [0, 0.1) is 11.3 Å². The maximum atomic E-state index is 12.6. The lowest BCUT2D eigenvalue weighted by Crippen LogP contribution is -2.04. The summed E-state index contributed by atoms with van der Waals surface area (Å²) < 4.78 is 20.8. The van der Waals surface area contributed by atoms with Gasteiger partial charge < -0.3 is 4.74 Å². The van der Waals surface area contributed by atoms with Crippen LogP contribution in [0.4, 0.5) is 5.13 Å². The third-order valence-electron chi connectivity index (χ3n) is 4.15. The molecule has 0 aliphatic carbocycles. The largest absolute Gasteiger partial charge is 0.496 e. The molecule has 0 fully saturated rings. The summed E-state index contributed by atoms with van der Waals surface area (Å²) in [6.45, 7) is 0. The fraction of sp³-hybridized carbons (Fsp3) is 0.0526. The Morgan fingerprint density at radius 1 is 1.28 bits per heavy atom. The van der Waals surface area contributed by atoms with Gasteiger partial charge in [0, 0.05) is 23.2 Å². The number of halogens is 1. The number of pyridine rings is 1. The summed E-state index contributed by atoms with van der Waals surface area (Å²) in [5.41, 5.74) is 3.19. The van der Waals surface area contributed by atoms with Crippen molar-refractivity contribution in [1.82, 2.24) is 15.2 Å². The molecule has 0 saturated carbocycles. The van der Waals surface area contributed by atoms with E-state index in [1.807, 2.05) is 18.2 Å². The third-order valence-corrected chi connectivity index (χ3v) is 6.26. The molecule has 29 heavy (non-hydrogen) atoms. The summed E-state index contributed by atoms with van der Waals surface area (Å²) in [6.07, 6.45) is 1.66. The van der Waals surface area contributed by atoms with Crippen LogP contribution in [-0.2, 0) is 11.0 Å². The quantitative estimate of drug-likeness (QED) is 0.492. The van der Waals surface area contributed by atoms with Crippen molar-refractivity contribution in [3.05, 3.63) is 58.7 Å². The van der Waals surface area contributed by atoms with Gasteiger partial charge in [0.2, 0.25) is 5.13 Å². The van der Waals surface area contributed by atoms with Gasteiger partial charge in [-0.1, -0.05) is 29.0 Å². The first-order chi connectivity index (χ1) is 14.1. The van der Waals surface area contributed by atoms with Gasteiger partial charge >= 0.3 is 0 Å². The van der Waals surface area contributed by atoms with Gasteiger partial charge in [-0.15, -0.1) is 10.2 Å². The highest BCUT2D eigenvalue weighted by Gasteiger charge is 2.16. The Hall–Kier alpha value is -3.06. The van der Waals surface area contributed by atoms with E-state index in [1.165, 1.54) is 18.4 Å². The molecule has 2 heterocycles. The minimum Gasteiger partial charge on any atom is -0.496 e. The highest BCUT2D eigenvalue weighted by molar-refractivity contribution is 7.86. The summed E-state index contributed by atoms with van der Waals surface area (Å²) in [7, 11) is 0.0527. The van der Waals surface area contributed by atoms with Gasteiger partial charge in [-0.25, -0.2) is 4.21 Å². The Balaban J connectivity index is 1.80. The molecule has 0 amide bonds. The smallest absolute Gasteiger partial charge is 0.217 e. The number of fused-ring (bicyclic) bond motifs is 1. The van der Waals surface area contributed by atoms with Crippen LogP contribution < -0.4 is 9.46 Å². The normalized spacial score (nSPS) is 11.8. The molecule has 2 aromatic carbocycles. The first-order valence-electron chi connectivity index (χ1n) is 8.22. The van der Waals surface area contributed by atoms with Crippen molar-refractivity contribution >= 4 is 49.8 Å². The van der Waals surface area contributed by atoms with Crippen LogP contribution in [-0.4, -0.2) is 26.5 Å². The van der Waals surface area contributed by atoms with E-state index in [0.717, 1.165) is 10.8 Å². The molecule has 0 aliphatic rings. The number of nitrogens with zero attached hydrogens (tertiary/aromatic N) is 4. The van der Waals surface area contributed by atoms with E-state index in [-0.39, 0.29) is 0 Å². The van der Waals surface area contributed by atoms with Gasteiger partial charge in [0.05, 0.1) is 28.3 Å². The number of nitriles is 1. The number of benzene rings is 2. The van der Waals surface area contributed by atoms with Crippen molar-refractivity contribution in [3.63, 3.8) is 0 Å². The van der Waals surface area contributed by atoms with Gasteiger partial charge in [-0.05, 0) is 29.7 Å². The number of aromatic nitrogens is 3. The van der Waals surface area contributed by atoms with Crippen molar-refractivity contribution in [2.45, 2.75) is 4.90 Å². The molecule has 0 bridgehead atoms. The molecule has 1 unspecified atom stereocenters. The summed E-state index contributed by atoms with van der Waals surface area (Å²) >= 11 is 7.40. The number of anilines is 1. The van der Waals surface area contributed by atoms with Gasteiger partial charge in [0.15, 0.2) is 11.0 Å². The van der Waals surface area contributed by atoms with E-state index in [2.05, 4.69) is 26.0 Å². The fourth-order valence-electron chi connectivity index (χ4n) is 2.84. The second kappa shape index (κ2) is 8.13. The van der Waals surface area contributed by atoms with Crippen molar-refractivity contribution < 1.29 is 8.95 Å². The van der Waals surface area contributed by atoms with E-state index in [0.29, 0.717) is 37.6 Å². The molecular weight excluding hydrogens is 430 g/mol. The minimum absolute atomic E-state index is 0.314. The monoisotopic (exact) mass is 441 g/mol. The predicted octanol–water partition coefficient (Wildman–Crippen LogP) is 4.42. The number of methoxy groups -OCH3 is 1. The molecule has 4 aromatic rings. The lowest BCUT2D eigenvalue weighted by atomic mass is 10.0. The Morgan fingerprint density at radius 2 is 2.14 bits per heavy atom. The van der Waals surface area contributed by atoms with E-state index in [9.17, 15) is 9.47 Å². The summed E-state index contributed by atoms with van der Waals surface area (Å²) in [5, 5.41) is 19.4. The number of hydrogen-bond acceptors (Lipinski definition) is 7. The van der Waals surface area contributed by atoms with Gasteiger partial charge in [-0.2, -0.15) is 5.26 Å². The fourth-order valence-corrected chi connectivity index (χ4v) is 4.48. The zero-order valence-electron chi connectivity index (χ0n) is 14.9. The molecule has 0 spiro atoms. The van der Waals surface area contributed by atoms with Gasteiger partial charge in [-0.3, -0.25) is 9.71 Å². The second-order valence-corrected chi connectivity index (χ2v) is 8.25. The first-order valence-corrected chi connectivity index (χ1v) is 10.6. The van der Waals surface area contributed by atoms with Crippen LogP contribution in [0.25, 0.3) is 22.0 Å². The van der Waals surface area contributed by atoms with E-state index in [4.69, 9.17) is 16.3 Å². The van der Waals surface area contributed by atoms with Gasteiger partial charge in [0.25, 0.3) is 0 Å². The van der Waals surface area contributed by atoms with Crippen LogP contribution in [0.3, 0.4) is 0 Å². The summed E-state index contributed by atoms with van der Waals surface area (Å²) in [4.78, 5) is 5.07. The van der Waals surface area contributed by atoms with Gasteiger partial charge in [0.1, 0.15) is 17.3 Å². The molecule has 0 radical (unpaired) electrons. The second-order valence-electron chi connectivity index (χ2n) is 5.80. The van der Waals surface area contributed by atoms with Crippen molar-refractivity contribution in [1.29, 1.82) is 5.26 Å². The Morgan fingerprint density at radius 3 is 2.86 bits per heavy atom. The zero-order valence-corrected chi connectivity index (χ0v) is 17.3. The predicted molar refractivity (Wildman–Crippen MR) is 113 cm³/mol. The number of hydrogen-bond donors (Lipinski definition) is 1.